The Morgan fingerprint density at radius 1 is 1.17 bits per heavy atom. The molecule has 3 aliphatic heterocycles. The van der Waals surface area contributed by atoms with Gasteiger partial charge in [-0.3, -0.25) is 14.4 Å². The summed E-state index contributed by atoms with van der Waals surface area (Å²) in [6.07, 6.45) is 8.98. The average Bonchev–Trinajstić information content (AvgIpc) is 3.51. The van der Waals surface area contributed by atoms with E-state index in [9.17, 15) is 14.4 Å². The zero-order valence-corrected chi connectivity index (χ0v) is 21.3. The third-order valence-electron chi connectivity index (χ3n) is 7.88. The van der Waals surface area contributed by atoms with Crippen LogP contribution in [0.4, 0.5) is 5.69 Å². The van der Waals surface area contributed by atoms with Gasteiger partial charge in [-0.25, -0.2) is 0 Å². The number of halogens is 1. The summed E-state index contributed by atoms with van der Waals surface area (Å²) in [7, 11) is 0. The van der Waals surface area contributed by atoms with Gasteiger partial charge in [0.25, 0.3) is 0 Å². The summed E-state index contributed by atoms with van der Waals surface area (Å²) >= 11 is 5.97. The minimum atomic E-state index is -1.14. The van der Waals surface area contributed by atoms with Crippen LogP contribution in [-0.2, 0) is 23.9 Å². The van der Waals surface area contributed by atoms with E-state index in [0.717, 1.165) is 25.7 Å². The van der Waals surface area contributed by atoms with Crippen molar-refractivity contribution in [3.8, 4) is 0 Å². The summed E-state index contributed by atoms with van der Waals surface area (Å²) in [5.74, 6) is -2.18. The third-order valence-corrected chi connectivity index (χ3v) is 8.13. The second kappa shape index (κ2) is 10.5. The molecule has 4 aliphatic rings. The quantitative estimate of drug-likeness (QED) is 0.388. The maximum Gasteiger partial charge on any atom is 0.246 e. The Kier molecular flexibility index (Phi) is 7.37. The highest BCUT2D eigenvalue weighted by molar-refractivity contribution is 6.30. The van der Waals surface area contributed by atoms with Crippen molar-refractivity contribution in [3.05, 3.63) is 41.4 Å². The Labute approximate surface area is 216 Å². The molecule has 9 heteroatoms. The molecule has 8 nitrogen and oxygen atoms in total. The van der Waals surface area contributed by atoms with Gasteiger partial charge in [0, 0.05) is 36.5 Å². The standard InChI is InChI=1S/C27H34ClN3O5/c1-2-35-16-6-15-31-23(25(33)30-18-7-4-3-5-8-18)27-14-13-20(36-27)21(22(27)26(31)34)24(32)29-19-11-9-17(28)10-12-19/h9-14,18,20-23H,2-8,15-16H2,1H3,(H,29,32)(H,30,33)/t20-,21+,22-,23+,27+/m1/s1. The maximum absolute atomic E-state index is 13.8. The number of carbonyl (C=O) groups excluding carboxylic acids is 3. The van der Waals surface area contributed by atoms with E-state index in [1.54, 1.807) is 29.2 Å². The zero-order valence-electron chi connectivity index (χ0n) is 20.6. The average molecular weight is 516 g/mol. The molecule has 0 aromatic heterocycles. The van der Waals surface area contributed by atoms with Gasteiger partial charge in [0.2, 0.25) is 17.7 Å². The first-order chi connectivity index (χ1) is 17.4. The number of amides is 3. The van der Waals surface area contributed by atoms with Gasteiger partial charge in [0.15, 0.2) is 0 Å². The van der Waals surface area contributed by atoms with Crippen LogP contribution >= 0.6 is 11.6 Å². The van der Waals surface area contributed by atoms with Gasteiger partial charge < -0.3 is 25.0 Å². The van der Waals surface area contributed by atoms with Gasteiger partial charge >= 0.3 is 0 Å². The van der Waals surface area contributed by atoms with E-state index < -0.39 is 29.6 Å². The molecule has 1 aromatic carbocycles. The predicted octanol–water partition coefficient (Wildman–Crippen LogP) is 3.30. The molecular weight excluding hydrogens is 482 g/mol. The molecule has 1 saturated carbocycles. The lowest BCUT2D eigenvalue weighted by atomic mass is 9.74. The summed E-state index contributed by atoms with van der Waals surface area (Å²) in [4.78, 5) is 42.6. The number of benzene rings is 1. The molecule has 2 N–H and O–H groups in total. The monoisotopic (exact) mass is 515 g/mol. The van der Waals surface area contributed by atoms with E-state index in [4.69, 9.17) is 21.1 Å². The number of rotatable bonds is 9. The molecule has 0 radical (unpaired) electrons. The lowest BCUT2D eigenvalue weighted by molar-refractivity contribution is -0.141. The van der Waals surface area contributed by atoms with Gasteiger partial charge in [0.05, 0.1) is 17.9 Å². The molecule has 5 rings (SSSR count). The van der Waals surface area contributed by atoms with Crippen LogP contribution in [0.1, 0.15) is 45.4 Å². The Morgan fingerprint density at radius 2 is 1.92 bits per heavy atom. The molecule has 194 valence electrons. The van der Waals surface area contributed by atoms with Crippen molar-refractivity contribution < 1.29 is 23.9 Å². The fraction of sp³-hybridized carbons (Fsp3) is 0.593. The molecule has 3 heterocycles. The highest BCUT2D eigenvalue weighted by atomic mass is 35.5. The van der Waals surface area contributed by atoms with Crippen molar-refractivity contribution in [2.45, 2.75) is 69.2 Å². The number of carbonyl (C=O) groups is 3. The first kappa shape index (κ1) is 25.2. The number of hydrogen-bond acceptors (Lipinski definition) is 5. The van der Waals surface area contributed by atoms with Crippen molar-refractivity contribution in [1.29, 1.82) is 0 Å². The van der Waals surface area contributed by atoms with Gasteiger partial charge in [-0.2, -0.15) is 0 Å². The Bertz CT molecular complexity index is 1020. The lowest BCUT2D eigenvalue weighted by Gasteiger charge is -2.34. The van der Waals surface area contributed by atoms with Crippen LogP contribution < -0.4 is 10.6 Å². The number of fused-ring (bicyclic) bond motifs is 1. The van der Waals surface area contributed by atoms with Crippen LogP contribution in [0.3, 0.4) is 0 Å². The predicted molar refractivity (Wildman–Crippen MR) is 135 cm³/mol. The van der Waals surface area contributed by atoms with Crippen molar-refractivity contribution in [2.24, 2.45) is 11.8 Å². The fourth-order valence-corrected chi connectivity index (χ4v) is 6.40. The molecule has 2 saturated heterocycles. The van der Waals surface area contributed by atoms with Gasteiger partial charge in [-0.05, 0) is 50.5 Å². The molecule has 1 aromatic rings. The van der Waals surface area contributed by atoms with E-state index in [2.05, 4.69) is 10.6 Å². The first-order valence-corrected chi connectivity index (χ1v) is 13.4. The maximum atomic E-state index is 13.8. The van der Waals surface area contributed by atoms with Crippen LogP contribution in [-0.4, -0.2) is 66.2 Å². The molecule has 0 unspecified atom stereocenters. The van der Waals surface area contributed by atoms with Crippen molar-refractivity contribution in [2.75, 3.05) is 25.1 Å². The zero-order chi connectivity index (χ0) is 25.3. The number of nitrogens with zero attached hydrogens (tertiary/aromatic N) is 1. The number of likely N-dealkylation sites (tertiary alicyclic amines) is 1. The molecule has 5 atom stereocenters. The smallest absolute Gasteiger partial charge is 0.246 e. The minimum absolute atomic E-state index is 0.105. The highest BCUT2D eigenvalue weighted by Crippen LogP contribution is 2.55. The largest absolute Gasteiger partial charge is 0.382 e. The SMILES string of the molecule is CCOCCCN1C(=O)[C@H]2[C@@H](C(=O)Nc3ccc(Cl)cc3)[C@H]3C=C[C@@]2(O3)[C@@H]1C(=O)NC1CCCCC1. The molecule has 1 spiro atoms. The second-order valence-electron chi connectivity index (χ2n) is 10.1. The summed E-state index contributed by atoms with van der Waals surface area (Å²) < 4.78 is 11.9. The normalized spacial score (nSPS) is 31.1. The summed E-state index contributed by atoms with van der Waals surface area (Å²) in [6, 6.07) is 6.12. The number of ether oxygens (including phenoxy) is 2. The Balaban J connectivity index is 1.40. The molecule has 3 amide bonds. The topological polar surface area (TPSA) is 97.0 Å². The van der Waals surface area contributed by atoms with E-state index in [-0.39, 0.29) is 23.8 Å². The molecule has 3 fully saturated rings. The van der Waals surface area contributed by atoms with E-state index >= 15 is 0 Å². The van der Waals surface area contributed by atoms with Crippen LogP contribution in [0.15, 0.2) is 36.4 Å². The van der Waals surface area contributed by atoms with Crippen molar-refractivity contribution in [1.82, 2.24) is 10.2 Å². The second-order valence-corrected chi connectivity index (χ2v) is 10.6. The first-order valence-electron chi connectivity index (χ1n) is 13.1. The van der Waals surface area contributed by atoms with Crippen molar-refractivity contribution in [3.63, 3.8) is 0 Å². The number of hydrogen-bond donors (Lipinski definition) is 2. The van der Waals surface area contributed by atoms with Gasteiger partial charge in [-0.1, -0.05) is 43.0 Å². The number of nitrogens with one attached hydrogen (secondary N) is 2. The molecule has 36 heavy (non-hydrogen) atoms. The molecule has 1 aliphatic carbocycles. The van der Waals surface area contributed by atoms with Crippen LogP contribution in [0.5, 0.6) is 0 Å². The minimum Gasteiger partial charge on any atom is -0.382 e. The van der Waals surface area contributed by atoms with Crippen molar-refractivity contribution >= 4 is 35.0 Å². The van der Waals surface area contributed by atoms with Gasteiger partial charge in [-0.15, -0.1) is 0 Å². The highest BCUT2D eigenvalue weighted by Gasteiger charge is 2.72. The van der Waals surface area contributed by atoms with E-state index in [0.29, 0.717) is 36.9 Å². The Hall–Kier alpha value is -2.42. The van der Waals surface area contributed by atoms with Crippen LogP contribution in [0.2, 0.25) is 5.02 Å². The summed E-state index contributed by atoms with van der Waals surface area (Å²) in [5, 5.41) is 6.68. The molecular formula is C27H34ClN3O5. The van der Waals surface area contributed by atoms with Crippen LogP contribution in [0, 0.1) is 11.8 Å². The lowest BCUT2D eigenvalue weighted by Crippen LogP contribution is -2.56. The van der Waals surface area contributed by atoms with E-state index in [1.165, 1.54) is 6.42 Å². The summed E-state index contributed by atoms with van der Waals surface area (Å²) in [5.41, 5.74) is -0.551. The molecule has 2 bridgehead atoms. The fourth-order valence-electron chi connectivity index (χ4n) is 6.27. The third kappa shape index (κ3) is 4.55. The van der Waals surface area contributed by atoms with E-state index in [1.807, 2.05) is 19.1 Å². The van der Waals surface area contributed by atoms with Gasteiger partial charge in [0.1, 0.15) is 11.6 Å². The Morgan fingerprint density at radius 3 is 2.64 bits per heavy atom. The van der Waals surface area contributed by atoms with Crippen LogP contribution in [0.25, 0.3) is 0 Å². The summed E-state index contributed by atoms with van der Waals surface area (Å²) in [6.45, 7) is 3.38. The number of anilines is 1.